The molecule has 12 heavy (non-hydrogen) atoms. The van der Waals surface area contributed by atoms with Gasteiger partial charge in [0, 0.05) is 6.04 Å². The minimum absolute atomic E-state index is 0.340. The Balaban J connectivity index is 2.44. The van der Waals surface area contributed by atoms with E-state index in [0.29, 0.717) is 11.3 Å². The molecule has 1 heterocycles. The van der Waals surface area contributed by atoms with Crippen LogP contribution in [0.5, 0.6) is 0 Å². The van der Waals surface area contributed by atoms with Crippen LogP contribution in [0.25, 0.3) is 0 Å². The van der Waals surface area contributed by atoms with Crippen molar-refractivity contribution in [1.29, 1.82) is 0 Å². The van der Waals surface area contributed by atoms with E-state index in [0.717, 1.165) is 5.84 Å². The molecule has 0 bridgehead atoms. The molecule has 1 aliphatic heterocycles. The fourth-order valence-corrected chi connectivity index (χ4v) is 2.58. The zero-order valence-electron chi connectivity index (χ0n) is 7.92. The van der Waals surface area contributed by atoms with Gasteiger partial charge in [0.15, 0.2) is 0 Å². The lowest BCUT2D eigenvalue weighted by molar-refractivity contribution is 0.723. The van der Waals surface area contributed by atoms with E-state index >= 15 is 0 Å². The third-order valence-corrected chi connectivity index (χ3v) is 3.32. The number of nitrogens with zero attached hydrogens (tertiary/aromatic N) is 1. The molecular formula is C9H18N2S. The summed E-state index contributed by atoms with van der Waals surface area (Å²) in [6.45, 7) is 4.14. The van der Waals surface area contributed by atoms with E-state index in [9.17, 15) is 0 Å². The van der Waals surface area contributed by atoms with Gasteiger partial charge in [-0.2, -0.15) is 11.8 Å². The Morgan fingerprint density at radius 3 is 2.75 bits per heavy atom. The number of thioether (sulfide) groups is 1. The van der Waals surface area contributed by atoms with Crippen molar-refractivity contribution in [1.82, 2.24) is 0 Å². The van der Waals surface area contributed by atoms with E-state index in [2.05, 4.69) is 18.8 Å². The van der Waals surface area contributed by atoms with Crippen molar-refractivity contribution >= 4 is 17.6 Å². The highest BCUT2D eigenvalue weighted by Gasteiger charge is 2.17. The van der Waals surface area contributed by atoms with Gasteiger partial charge in [0.05, 0.1) is 5.25 Å². The van der Waals surface area contributed by atoms with E-state index in [1.54, 1.807) is 0 Å². The summed E-state index contributed by atoms with van der Waals surface area (Å²) < 4.78 is 0. The van der Waals surface area contributed by atoms with Gasteiger partial charge in [-0.3, -0.25) is 4.99 Å². The molecule has 0 radical (unpaired) electrons. The first-order valence-electron chi connectivity index (χ1n) is 4.65. The lowest BCUT2D eigenvalue weighted by atomic mass is 10.2. The number of amidine groups is 1. The third-order valence-electron chi connectivity index (χ3n) is 1.92. The summed E-state index contributed by atoms with van der Waals surface area (Å²) >= 11 is 1.96. The molecule has 2 nitrogen and oxygen atoms in total. The molecule has 1 rings (SSSR count). The fraction of sp³-hybridized carbons (Fsp3) is 0.889. The van der Waals surface area contributed by atoms with Crippen LogP contribution in [0.1, 0.15) is 33.1 Å². The molecule has 0 amide bonds. The second-order valence-electron chi connectivity index (χ2n) is 3.50. The van der Waals surface area contributed by atoms with Crippen molar-refractivity contribution in [2.45, 2.75) is 44.4 Å². The number of hydrogen-bond donors (Lipinski definition) is 1. The van der Waals surface area contributed by atoms with Crippen LogP contribution in [-0.4, -0.2) is 22.9 Å². The summed E-state index contributed by atoms with van der Waals surface area (Å²) in [6.07, 6.45) is 3.87. The normalized spacial score (nSPS) is 26.2. The molecule has 0 saturated carbocycles. The second kappa shape index (κ2) is 4.75. The van der Waals surface area contributed by atoms with Crippen molar-refractivity contribution in [3.8, 4) is 0 Å². The average molecular weight is 186 g/mol. The standard InChI is InChI=1S/C9H18N2S/c1-7(2)11-9(10)8-5-3-4-6-12-8/h7-8H,3-6H2,1-2H3,(H2,10,11). The van der Waals surface area contributed by atoms with Crippen LogP contribution in [0.2, 0.25) is 0 Å². The van der Waals surface area contributed by atoms with Gasteiger partial charge < -0.3 is 5.73 Å². The number of hydrogen-bond acceptors (Lipinski definition) is 2. The van der Waals surface area contributed by atoms with Crippen LogP contribution in [0.4, 0.5) is 0 Å². The summed E-state index contributed by atoms with van der Waals surface area (Å²) in [7, 11) is 0. The van der Waals surface area contributed by atoms with Gasteiger partial charge in [0.2, 0.25) is 0 Å². The molecular weight excluding hydrogens is 168 g/mol. The van der Waals surface area contributed by atoms with Crippen molar-refractivity contribution in [3.05, 3.63) is 0 Å². The van der Waals surface area contributed by atoms with Crippen LogP contribution < -0.4 is 5.73 Å². The maximum absolute atomic E-state index is 5.88. The van der Waals surface area contributed by atoms with E-state index in [1.165, 1.54) is 25.0 Å². The van der Waals surface area contributed by atoms with E-state index in [1.807, 2.05) is 11.8 Å². The molecule has 0 aliphatic carbocycles. The second-order valence-corrected chi connectivity index (χ2v) is 4.81. The van der Waals surface area contributed by atoms with Crippen LogP contribution in [0, 0.1) is 0 Å². The molecule has 70 valence electrons. The number of aliphatic imine (C=N–C) groups is 1. The van der Waals surface area contributed by atoms with Crippen LogP contribution in [0.3, 0.4) is 0 Å². The lowest BCUT2D eigenvalue weighted by Gasteiger charge is -2.20. The summed E-state index contributed by atoms with van der Waals surface area (Å²) in [5.41, 5.74) is 5.88. The molecule has 1 unspecified atom stereocenters. The van der Waals surface area contributed by atoms with Gasteiger partial charge in [-0.25, -0.2) is 0 Å². The largest absolute Gasteiger partial charge is 0.387 e. The van der Waals surface area contributed by atoms with Crippen LogP contribution in [-0.2, 0) is 0 Å². The smallest absolute Gasteiger partial charge is 0.107 e. The molecule has 1 aliphatic rings. The minimum atomic E-state index is 0.340. The predicted octanol–water partition coefficient (Wildman–Crippen LogP) is 2.04. The van der Waals surface area contributed by atoms with Crippen molar-refractivity contribution in [2.75, 3.05) is 5.75 Å². The Morgan fingerprint density at radius 2 is 2.25 bits per heavy atom. The molecule has 0 spiro atoms. The zero-order valence-corrected chi connectivity index (χ0v) is 8.73. The molecule has 0 aromatic heterocycles. The molecule has 1 fully saturated rings. The quantitative estimate of drug-likeness (QED) is 0.529. The van der Waals surface area contributed by atoms with E-state index in [4.69, 9.17) is 5.73 Å². The third kappa shape index (κ3) is 3.05. The molecule has 0 aromatic rings. The Hall–Kier alpha value is -0.180. The first kappa shape index (κ1) is 9.90. The number of nitrogens with two attached hydrogens (primary N) is 1. The Bertz CT molecular complexity index is 160. The van der Waals surface area contributed by atoms with Gasteiger partial charge in [0.1, 0.15) is 5.84 Å². The van der Waals surface area contributed by atoms with Gasteiger partial charge in [0.25, 0.3) is 0 Å². The Kier molecular flexibility index (Phi) is 3.92. The van der Waals surface area contributed by atoms with Gasteiger partial charge in [-0.05, 0) is 32.4 Å². The molecule has 1 atom stereocenters. The topological polar surface area (TPSA) is 38.4 Å². The summed E-state index contributed by atoms with van der Waals surface area (Å²) in [6, 6.07) is 0.340. The molecule has 1 saturated heterocycles. The number of rotatable bonds is 2. The highest BCUT2D eigenvalue weighted by Crippen LogP contribution is 2.25. The highest BCUT2D eigenvalue weighted by atomic mass is 32.2. The fourth-order valence-electron chi connectivity index (χ4n) is 1.36. The van der Waals surface area contributed by atoms with Crippen LogP contribution >= 0.6 is 11.8 Å². The zero-order chi connectivity index (χ0) is 8.97. The van der Waals surface area contributed by atoms with Crippen molar-refractivity contribution in [2.24, 2.45) is 10.7 Å². The van der Waals surface area contributed by atoms with E-state index < -0.39 is 0 Å². The summed E-state index contributed by atoms with van der Waals surface area (Å²) in [5, 5.41) is 0.501. The Labute approximate surface area is 79.0 Å². The van der Waals surface area contributed by atoms with Crippen molar-refractivity contribution < 1.29 is 0 Å². The van der Waals surface area contributed by atoms with E-state index in [-0.39, 0.29) is 0 Å². The average Bonchev–Trinajstić information content (AvgIpc) is 2.05. The first-order chi connectivity index (χ1) is 5.70. The maximum atomic E-state index is 5.88. The molecule has 0 aromatic carbocycles. The molecule has 2 N–H and O–H groups in total. The first-order valence-corrected chi connectivity index (χ1v) is 5.70. The van der Waals surface area contributed by atoms with Gasteiger partial charge in [-0.15, -0.1) is 0 Å². The summed E-state index contributed by atoms with van der Waals surface area (Å²) in [5.74, 6) is 2.11. The minimum Gasteiger partial charge on any atom is -0.387 e. The lowest BCUT2D eigenvalue weighted by Crippen LogP contribution is -2.29. The monoisotopic (exact) mass is 186 g/mol. The molecule has 3 heteroatoms. The predicted molar refractivity (Wildman–Crippen MR) is 56.9 cm³/mol. The van der Waals surface area contributed by atoms with Crippen LogP contribution in [0.15, 0.2) is 4.99 Å². The summed E-state index contributed by atoms with van der Waals surface area (Å²) in [4.78, 5) is 4.37. The van der Waals surface area contributed by atoms with Crippen molar-refractivity contribution in [3.63, 3.8) is 0 Å². The van der Waals surface area contributed by atoms with Gasteiger partial charge in [-0.1, -0.05) is 6.42 Å². The highest BCUT2D eigenvalue weighted by molar-refractivity contribution is 8.00. The maximum Gasteiger partial charge on any atom is 0.107 e. The van der Waals surface area contributed by atoms with Gasteiger partial charge >= 0.3 is 0 Å². The SMILES string of the molecule is CC(C)N=C(N)C1CCCCS1. The Morgan fingerprint density at radius 1 is 1.50 bits per heavy atom.